The molecule has 1 aromatic rings. The van der Waals surface area contributed by atoms with E-state index in [1.807, 2.05) is 19.1 Å². The van der Waals surface area contributed by atoms with E-state index in [-0.39, 0.29) is 5.41 Å². The third-order valence-electron chi connectivity index (χ3n) is 3.30. The Morgan fingerprint density at radius 2 is 1.29 bits per heavy atom. The summed E-state index contributed by atoms with van der Waals surface area (Å²) in [6, 6.07) is 5.72. The molecular weight excluding hydrogens is 272 g/mol. The van der Waals surface area contributed by atoms with Gasteiger partial charge in [-0.05, 0) is 24.0 Å². The van der Waals surface area contributed by atoms with Gasteiger partial charge < -0.3 is 25.5 Å². The largest absolute Gasteiger partial charge is 0.508 e. The fourth-order valence-electron chi connectivity index (χ4n) is 1.55. The molecule has 0 amide bonds. The van der Waals surface area contributed by atoms with Crippen LogP contribution >= 0.6 is 0 Å². The molecule has 0 aliphatic heterocycles. The maximum atomic E-state index is 9.57. The number of phenolic OH excluding ortho intramolecular Hbond substituents is 1. The molecule has 0 fully saturated rings. The molecule has 5 N–H and O–H groups in total. The lowest BCUT2D eigenvalue weighted by atomic mass is 9.85. The second-order valence-electron chi connectivity index (χ2n) is 6.40. The summed E-state index contributed by atoms with van der Waals surface area (Å²) in [6.45, 7) is 6.71. The Morgan fingerprint density at radius 3 is 1.52 bits per heavy atom. The fourth-order valence-corrected chi connectivity index (χ4v) is 1.55. The van der Waals surface area contributed by atoms with Gasteiger partial charge in [0.15, 0.2) is 0 Å². The Morgan fingerprint density at radius 1 is 0.857 bits per heavy atom. The minimum Gasteiger partial charge on any atom is -0.508 e. The number of hydrogen-bond donors (Lipinski definition) is 5. The fraction of sp³-hybridized carbons (Fsp3) is 0.625. The number of aliphatic hydroxyl groups excluding tert-OH is 4. The number of rotatable bonds is 4. The van der Waals surface area contributed by atoms with Gasteiger partial charge in [-0.25, -0.2) is 0 Å². The van der Waals surface area contributed by atoms with Crippen LogP contribution in [0.2, 0.25) is 0 Å². The first-order chi connectivity index (χ1) is 9.65. The highest BCUT2D eigenvalue weighted by Crippen LogP contribution is 2.30. The highest BCUT2D eigenvalue weighted by molar-refractivity contribution is 5.39. The Balaban J connectivity index is 0.000000400. The van der Waals surface area contributed by atoms with Crippen LogP contribution in [0, 0.1) is 12.3 Å². The Labute approximate surface area is 126 Å². The first-order valence-electron chi connectivity index (χ1n) is 6.89. The molecule has 5 heteroatoms. The van der Waals surface area contributed by atoms with E-state index in [0.717, 1.165) is 5.56 Å². The van der Waals surface area contributed by atoms with Crippen LogP contribution in [0.5, 0.6) is 5.75 Å². The Kier molecular flexibility index (Phi) is 7.89. The number of aliphatic hydroxyl groups is 4. The Bertz CT molecular complexity index is 402. The van der Waals surface area contributed by atoms with Gasteiger partial charge in [-0.15, -0.1) is 0 Å². The zero-order valence-corrected chi connectivity index (χ0v) is 13.3. The van der Waals surface area contributed by atoms with E-state index in [4.69, 9.17) is 20.4 Å². The molecule has 0 heterocycles. The summed E-state index contributed by atoms with van der Waals surface area (Å²) >= 11 is 0. The average Bonchev–Trinajstić information content (AvgIpc) is 2.44. The summed E-state index contributed by atoms with van der Waals surface area (Å²) in [7, 11) is 0. The number of aryl methyl sites for hydroxylation is 1. The van der Waals surface area contributed by atoms with E-state index in [2.05, 4.69) is 20.8 Å². The van der Waals surface area contributed by atoms with Crippen molar-refractivity contribution in [2.75, 3.05) is 26.4 Å². The number of hydrogen-bond acceptors (Lipinski definition) is 5. The van der Waals surface area contributed by atoms with Crippen molar-refractivity contribution < 1.29 is 25.5 Å². The van der Waals surface area contributed by atoms with Crippen LogP contribution in [0.15, 0.2) is 18.2 Å². The van der Waals surface area contributed by atoms with Gasteiger partial charge in [0.2, 0.25) is 0 Å². The second-order valence-corrected chi connectivity index (χ2v) is 6.40. The van der Waals surface area contributed by atoms with Crippen LogP contribution in [0.1, 0.15) is 31.9 Å². The lowest BCUT2D eigenvalue weighted by Crippen LogP contribution is -2.37. The van der Waals surface area contributed by atoms with Gasteiger partial charge >= 0.3 is 0 Å². The van der Waals surface area contributed by atoms with Gasteiger partial charge in [-0.1, -0.05) is 38.5 Å². The molecule has 0 spiro atoms. The van der Waals surface area contributed by atoms with Crippen LogP contribution in [0.4, 0.5) is 0 Å². The zero-order chi connectivity index (χ0) is 16.7. The lowest BCUT2D eigenvalue weighted by molar-refractivity contribution is -0.0328. The molecule has 21 heavy (non-hydrogen) atoms. The summed E-state index contributed by atoms with van der Waals surface area (Å²) in [5.74, 6) is 0.396. The molecule has 0 saturated carbocycles. The second kappa shape index (κ2) is 8.34. The van der Waals surface area contributed by atoms with Crippen molar-refractivity contribution in [3.8, 4) is 5.75 Å². The van der Waals surface area contributed by atoms with Gasteiger partial charge in [-0.2, -0.15) is 0 Å². The molecular formula is C16H28O5. The first-order valence-corrected chi connectivity index (χ1v) is 6.89. The van der Waals surface area contributed by atoms with Gasteiger partial charge in [0.05, 0.1) is 31.8 Å². The van der Waals surface area contributed by atoms with Gasteiger partial charge in [0.1, 0.15) is 5.75 Å². The number of phenols is 1. The monoisotopic (exact) mass is 300 g/mol. The molecule has 0 bridgehead atoms. The maximum absolute atomic E-state index is 9.57. The standard InChI is InChI=1S/C11H16O.C5H12O4/c1-8-5-6-10(12)9(7-8)11(2,3)4;6-1-5(2-7,3-8)4-9/h5-7,12H,1-4H3;6-9H,1-4H2. The molecule has 1 aromatic carbocycles. The molecule has 0 atom stereocenters. The normalized spacial score (nSPS) is 11.8. The average molecular weight is 300 g/mol. The van der Waals surface area contributed by atoms with Crippen LogP contribution in [0.3, 0.4) is 0 Å². The van der Waals surface area contributed by atoms with Crippen LogP contribution in [-0.2, 0) is 5.41 Å². The van der Waals surface area contributed by atoms with E-state index in [1.54, 1.807) is 6.07 Å². The summed E-state index contributed by atoms with van der Waals surface area (Å²) < 4.78 is 0. The van der Waals surface area contributed by atoms with E-state index < -0.39 is 31.8 Å². The van der Waals surface area contributed by atoms with Crippen molar-refractivity contribution in [1.29, 1.82) is 0 Å². The van der Waals surface area contributed by atoms with Crippen molar-refractivity contribution in [1.82, 2.24) is 0 Å². The summed E-state index contributed by atoms with van der Waals surface area (Å²) in [6.07, 6.45) is 0. The predicted octanol–water partition coefficient (Wildman–Crippen LogP) is 0.940. The van der Waals surface area contributed by atoms with Crippen molar-refractivity contribution in [3.05, 3.63) is 29.3 Å². The first kappa shape index (κ1) is 19.9. The number of benzene rings is 1. The molecule has 0 unspecified atom stereocenters. The minimum atomic E-state index is -1.11. The van der Waals surface area contributed by atoms with Gasteiger partial charge in [0, 0.05) is 0 Å². The quantitative estimate of drug-likeness (QED) is 0.570. The van der Waals surface area contributed by atoms with E-state index in [9.17, 15) is 5.11 Å². The lowest BCUT2D eigenvalue weighted by Gasteiger charge is -2.23. The SMILES string of the molecule is Cc1ccc(O)c(C(C)(C)C)c1.OCC(CO)(CO)CO. The van der Waals surface area contributed by atoms with E-state index >= 15 is 0 Å². The molecule has 0 saturated heterocycles. The molecule has 122 valence electrons. The molecule has 1 rings (SSSR count). The van der Waals surface area contributed by atoms with Crippen molar-refractivity contribution in [2.24, 2.45) is 5.41 Å². The molecule has 0 aliphatic carbocycles. The van der Waals surface area contributed by atoms with Crippen LogP contribution in [0.25, 0.3) is 0 Å². The van der Waals surface area contributed by atoms with Crippen LogP contribution < -0.4 is 0 Å². The highest BCUT2D eigenvalue weighted by Gasteiger charge is 2.26. The predicted molar refractivity (Wildman–Crippen MR) is 82.3 cm³/mol. The van der Waals surface area contributed by atoms with Crippen molar-refractivity contribution in [3.63, 3.8) is 0 Å². The summed E-state index contributed by atoms with van der Waals surface area (Å²) in [4.78, 5) is 0. The third kappa shape index (κ3) is 6.01. The summed E-state index contributed by atoms with van der Waals surface area (Å²) in [5.41, 5.74) is 1.12. The third-order valence-corrected chi connectivity index (χ3v) is 3.30. The number of aromatic hydroxyl groups is 1. The van der Waals surface area contributed by atoms with Gasteiger partial charge in [-0.3, -0.25) is 0 Å². The van der Waals surface area contributed by atoms with Crippen LogP contribution in [-0.4, -0.2) is 52.0 Å². The maximum Gasteiger partial charge on any atom is 0.119 e. The van der Waals surface area contributed by atoms with E-state index in [1.165, 1.54) is 5.56 Å². The molecule has 0 aromatic heterocycles. The smallest absolute Gasteiger partial charge is 0.119 e. The van der Waals surface area contributed by atoms with Crippen molar-refractivity contribution >= 4 is 0 Å². The van der Waals surface area contributed by atoms with E-state index in [0.29, 0.717) is 5.75 Å². The van der Waals surface area contributed by atoms with Gasteiger partial charge in [0.25, 0.3) is 0 Å². The minimum absolute atomic E-state index is 0.0239. The highest BCUT2D eigenvalue weighted by atomic mass is 16.3. The molecule has 0 aliphatic rings. The topological polar surface area (TPSA) is 101 Å². The molecule has 5 nitrogen and oxygen atoms in total. The zero-order valence-electron chi connectivity index (χ0n) is 13.3. The summed E-state index contributed by atoms with van der Waals surface area (Å²) in [5, 5.41) is 43.6. The van der Waals surface area contributed by atoms with Crippen molar-refractivity contribution in [2.45, 2.75) is 33.1 Å². The molecule has 0 radical (unpaired) electrons. The Hall–Kier alpha value is -1.14.